The first-order valence-corrected chi connectivity index (χ1v) is 5.79. The van der Waals surface area contributed by atoms with Crippen LogP contribution in [0.1, 0.15) is 25.8 Å². The van der Waals surface area contributed by atoms with Gasteiger partial charge >= 0.3 is 0 Å². The lowest BCUT2D eigenvalue weighted by Crippen LogP contribution is -2.10. The second kappa shape index (κ2) is 7.18. The van der Waals surface area contributed by atoms with Crippen LogP contribution in [0.5, 0.6) is 0 Å². The van der Waals surface area contributed by atoms with E-state index in [0.717, 1.165) is 12.7 Å². The van der Waals surface area contributed by atoms with E-state index < -0.39 is 0 Å². The standard InChI is InChI=1S/C14H20O2/c1-12(9-15)8-13(2)10-16-11-14-6-4-3-5-7-14/h3-7,9,12-13H,8,10-11H2,1-2H3/t12-,13+/m0/s1. The van der Waals surface area contributed by atoms with Crippen molar-refractivity contribution in [3.8, 4) is 0 Å². The molecule has 0 spiro atoms. The van der Waals surface area contributed by atoms with Crippen LogP contribution < -0.4 is 0 Å². The molecule has 0 N–H and O–H groups in total. The van der Waals surface area contributed by atoms with E-state index in [0.29, 0.717) is 19.1 Å². The second-order valence-corrected chi connectivity index (χ2v) is 4.45. The van der Waals surface area contributed by atoms with Gasteiger partial charge in [0.25, 0.3) is 0 Å². The highest BCUT2D eigenvalue weighted by atomic mass is 16.5. The van der Waals surface area contributed by atoms with E-state index in [1.807, 2.05) is 25.1 Å². The Balaban J connectivity index is 2.18. The summed E-state index contributed by atoms with van der Waals surface area (Å²) >= 11 is 0. The van der Waals surface area contributed by atoms with Gasteiger partial charge < -0.3 is 9.53 Å². The summed E-state index contributed by atoms with van der Waals surface area (Å²) in [5, 5.41) is 0. The van der Waals surface area contributed by atoms with Crippen LogP contribution in [0, 0.1) is 11.8 Å². The topological polar surface area (TPSA) is 26.3 Å². The number of rotatable bonds is 7. The average Bonchev–Trinajstić information content (AvgIpc) is 2.30. The number of ether oxygens (including phenoxy) is 1. The molecule has 0 aliphatic heterocycles. The SMILES string of the molecule is C[C@@H](COCc1ccccc1)C[C@H](C)C=O. The van der Waals surface area contributed by atoms with Gasteiger partial charge in [-0.15, -0.1) is 0 Å². The molecule has 0 saturated heterocycles. The Morgan fingerprint density at radius 1 is 1.25 bits per heavy atom. The predicted octanol–water partition coefficient (Wildman–Crippen LogP) is 3.06. The Bertz CT molecular complexity index is 295. The Hall–Kier alpha value is -1.15. The van der Waals surface area contributed by atoms with E-state index in [-0.39, 0.29) is 5.92 Å². The Morgan fingerprint density at radius 2 is 1.94 bits per heavy atom. The maximum atomic E-state index is 10.5. The predicted molar refractivity (Wildman–Crippen MR) is 65.1 cm³/mol. The fourth-order valence-corrected chi connectivity index (χ4v) is 1.71. The number of hydrogen-bond donors (Lipinski definition) is 0. The maximum absolute atomic E-state index is 10.5. The molecular formula is C14H20O2. The fraction of sp³-hybridized carbons (Fsp3) is 0.500. The summed E-state index contributed by atoms with van der Waals surface area (Å²) < 4.78 is 5.61. The van der Waals surface area contributed by atoms with Gasteiger partial charge in [-0.3, -0.25) is 0 Å². The van der Waals surface area contributed by atoms with Crippen molar-refractivity contribution >= 4 is 6.29 Å². The van der Waals surface area contributed by atoms with Gasteiger partial charge in [0.15, 0.2) is 0 Å². The average molecular weight is 220 g/mol. The van der Waals surface area contributed by atoms with Gasteiger partial charge in [0.05, 0.1) is 6.61 Å². The van der Waals surface area contributed by atoms with E-state index in [2.05, 4.69) is 19.1 Å². The largest absolute Gasteiger partial charge is 0.376 e. The van der Waals surface area contributed by atoms with Crippen LogP contribution in [0.15, 0.2) is 30.3 Å². The van der Waals surface area contributed by atoms with Crippen LogP contribution in [-0.4, -0.2) is 12.9 Å². The number of hydrogen-bond acceptors (Lipinski definition) is 2. The third-order valence-corrected chi connectivity index (χ3v) is 2.52. The third-order valence-electron chi connectivity index (χ3n) is 2.52. The van der Waals surface area contributed by atoms with Gasteiger partial charge in [-0.2, -0.15) is 0 Å². The summed E-state index contributed by atoms with van der Waals surface area (Å²) in [6.07, 6.45) is 1.91. The monoisotopic (exact) mass is 220 g/mol. The van der Waals surface area contributed by atoms with Crippen molar-refractivity contribution in [3.05, 3.63) is 35.9 Å². The van der Waals surface area contributed by atoms with Gasteiger partial charge in [-0.25, -0.2) is 0 Å². The second-order valence-electron chi connectivity index (χ2n) is 4.45. The minimum absolute atomic E-state index is 0.135. The molecule has 0 unspecified atom stereocenters. The summed E-state index contributed by atoms with van der Waals surface area (Å²) in [4.78, 5) is 10.5. The zero-order valence-corrected chi connectivity index (χ0v) is 10.1. The first-order chi connectivity index (χ1) is 7.72. The first kappa shape index (κ1) is 12.9. The molecule has 0 radical (unpaired) electrons. The smallest absolute Gasteiger partial charge is 0.122 e. The maximum Gasteiger partial charge on any atom is 0.122 e. The molecular weight excluding hydrogens is 200 g/mol. The molecule has 2 atom stereocenters. The molecule has 0 amide bonds. The van der Waals surface area contributed by atoms with E-state index in [9.17, 15) is 4.79 Å². The molecule has 1 rings (SSSR count). The minimum atomic E-state index is 0.135. The number of carbonyl (C=O) groups is 1. The highest BCUT2D eigenvalue weighted by Gasteiger charge is 2.07. The van der Waals surface area contributed by atoms with Gasteiger partial charge in [-0.05, 0) is 17.9 Å². The normalized spacial score (nSPS) is 14.4. The van der Waals surface area contributed by atoms with Crippen molar-refractivity contribution in [2.45, 2.75) is 26.9 Å². The summed E-state index contributed by atoms with van der Waals surface area (Å²) in [5.41, 5.74) is 1.19. The van der Waals surface area contributed by atoms with Crippen molar-refractivity contribution in [2.24, 2.45) is 11.8 Å². The molecule has 0 fully saturated rings. The lowest BCUT2D eigenvalue weighted by atomic mass is 9.99. The molecule has 88 valence electrons. The van der Waals surface area contributed by atoms with Gasteiger partial charge in [-0.1, -0.05) is 44.2 Å². The molecule has 0 aliphatic rings. The Kier molecular flexibility index (Phi) is 5.79. The van der Waals surface area contributed by atoms with E-state index in [1.165, 1.54) is 5.56 Å². The Morgan fingerprint density at radius 3 is 2.56 bits per heavy atom. The molecule has 2 heteroatoms. The zero-order valence-electron chi connectivity index (χ0n) is 10.1. The zero-order chi connectivity index (χ0) is 11.8. The molecule has 0 heterocycles. The number of carbonyl (C=O) groups excluding carboxylic acids is 1. The van der Waals surface area contributed by atoms with Crippen LogP contribution in [0.25, 0.3) is 0 Å². The molecule has 1 aromatic rings. The summed E-state index contributed by atoms with van der Waals surface area (Å²) in [6.45, 7) is 5.43. The highest BCUT2D eigenvalue weighted by Crippen LogP contribution is 2.11. The van der Waals surface area contributed by atoms with Gasteiger partial charge in [0.1, 0.15) is 6.29 Å². The lowest BCUT2D eigenvalue weighted by molar-refractivity contribution is -0.111. The van der Waals surface area contributed by atoms with Crippen LogP contribution in [0.3, 0.4) is 0 Å². The van der Waals surface area contributed by atoms with Gasteiger partial charge in [0, 0.05) is 12.5 Å². The fourth-order valence-electron chi connectivity index (χ4n) is 1.71. The summed E-state index contributed by atoms with van der Waals surface area (Å²) in [5.74, 6) is 0.569. The van der Waals surface area contributed by atoms with E-state index in [4.69, 9.17) is 4.74 Å². The molecule has 2 nitrogen and oxygen atoms in total. The van der Waals surface area contributed by atoms with Crippen molar-refractivity contribution in [3.63, 3.8) is 0 Å². The van der Waals surface area contributed by atoms with Crippen LogP contribution in [0.2, 0.25) is 0 Å². The van der Waals surface area contributed by atoms with E-state index >= 15 is 0 Å². The van der Waals surface area contributed by atoms with Crippen molar-refractivity contribution in [1.82, 2.24) is 0 Å². The van der Waals surface area contributed by atoms with Gasteiger partial charge in [0.2, 0.25) is 0 Å². The van der Waals surface area contributed by atoms with Crippen molar-refractivity contribution in [1.29, 1.82) is 0 Å². The minimum Gasteiger partial charge on any atom is -0.376 e. The molecule has 0 saturated carbocycles. The molecule has 1 aromatic carbocycles. The Labute approximate surface area is 97.6 Å². The molecule has 0 bridgehead atoms. The molecule has 0 aromatic heterocycles. The van der Waals surface area contributed by atoms with Crippen molar-refractivity contribution in [2.75, 3.05) is 6.61 Å². The highest BCUT2D eigenvalue weighted by molar-refractivity contribution is 5.52. The van der Waals surface area contributed by atoms with Crippen molar-refractivity contribution < 1.29 is 9.53 Å². The molecule has 0 aliphatic carbocycles. The third kappa shape index (κ3) is 5.08. The lowest BCUT2D eigenvalue weighted by Gasteiger charge is -2.13. The number of aldehydes is 1. The summed E-state index contributed by atoms with van der Waals surface area (Å²) in [6, 6.07) is 10.1. The quantitative estimate of drug-likeness (QED) is 0.660. The molecule has 16 heavy (non-hydrogen) atoms. The van der Waals surface area contributed by atoms with Crippen LogP contribution in [-0.2, 0) is 16.1 Å². The van der Waals surface area contributed by atoms with E-state index in [1.54, 1.807) is 0 Å². The number of benzene rings is 1. The van der Waals surface area contributed by atoms with Crippen LogP contribution >= 0.6 is 0 Å². The summed E-state index contributed by atoms with van der Waals surface area (Å²) in [7, 11) is 0. The van der Waals surface area contributed by atoms with Crippen LogP contribution in [0.4, 0.5) is 0 Å². The first-order valence-electron chi connectivity index (χ1n) is 5.79.